The fraction of sp³-hybridized carbons (Fsp3) is 0.667. The fourth-order valence-electron chi connectivity index (χ4n) is 1.90. The van der Waals surface area contributed by atoms with E-state index >= 15 is 0 Å². The number of sulfonamides is 1. The summed E-state index contributed by atoms with van der Waals surface area (Å²) in [6.45, 7) is 3.74. The van der Waals surface area contributed by atoms with Gasteiger partial charge in [-0.3, -0.25) is 0 Å². The number of nitrogens with one attached hydrogen (secondary N) is 1. The van der Waals surface area contributed by atoms with E-state index in [1.807, 2.05) is 13.0 Å². The summed E-state index contributed by atoms with van der Waals surface area (Å²) in [6.07, 6.45) is 3.50. The van der Waals surface area contributed by atoms with E-state index in [4.69, 9.17) is 5.14 Å². The Morgan fingerprint density at radius 1 is 1.47 bits per heavy atom. The first kappa shape index (κ1) is 14.2. The lowest BCUT2D eigenvalue weighted by molar-refractivity contribution is 0.401. The highest BCUT2D eigenvalue weighted by Crippen LogP contribution is 2.34. The normalized spacial score (nSPS) is 17.8. The molecule has 1 aliphatic carbocycles. The van der Waals surface area contributed by atoms with Gasteiger partial charge in [-0.25, -0.2) is 23.5 Å². The van der Waals surface area contributed by atoms with Crippen LogP contribution in [0.4, 0.5) is 5.82 Å². The molecule has 0 spiro atoms. The van der Waals surface area contributed by atoms with Crippen LogP contribution in [0.25, 0.3) is 0 Å². The van der Waals surface area contributed by atoms with Crippen LogP contribution < -0.4 is 10.5 Å². The number of aromatic nitrogens is 2. The molecule has 0 bridgehead atoms. The van der Waals surface area contributed by atoms with Crippen molar-refractivity contribution in [3.05, 3.63) is 17.6 Å². The molecule has 0 radical (unpaired) electrons. The number of anilines is 1. The summed E-state index contributed by atoms with van der Waals surface area (Å²) in [7, 11) is -3.51. The van der Waals surface area contributed by atoms with Crippen LogP contribution >= 0.6 is 0 Å². The van der Waals surface area contributed by atoms with E-state index in [-0.39, 0.29) is 6.54 Å². The van der Waals surface area contributed by atoms with Crippen molar-refractivity contribution in [3.63, 3.8) is 0 Å². The van der Waals surface area contributed by atoms with Crippen molar-refractivity contribution in [1.82, 2.24) is 9.97 Å². The van der Waals surface area contributed by atoms with Crippen LogP contribution in [0.1, 0.15) is 43.6 Å². The average Bonchev–Trinajstić information content (AvgIpc) is 2.21. The molecule has 1 aliphatic rings. The first-order chi connectivity index (χ1) is 8.86. The Kier molecular flexibility index (Phi) is 4.05. The van der Waals surface area contributed by atoms with Crippen molar-refractivity contribution in [3.8, 4) is 0 Å². The van der Waals surface area contributed by atoms with Crippen molar-refractivity contribution >= 4 is 15.8 Å². The molecular weight excluding hydrogens is 264 g/mol. The quantitative estimate of drug-likeness (QED) is 0.845. The Balaban J connectivity index is 2.06. The SMILES string of the molecule is Cc1cc(NCC(C)S(N)(=O)=O)nc(C2CCC2)n1. The van der Waals surface area contributed by atoms with Crippen molar-refractivity contribution in [2.24, 2.45) is 5.14 Å². The van der Waals surface area contributed by atoms with Crippen LogP contribution in [0.3, 0.4) is 0 Å². The third-order valence-corrected chi connectivity index (χ3v) is 4.76. The molecule has 1 aromatic heterocycles. The highest BCUT2D eigenvalue weighted by atomic mass is 32.2. The number of primary sulfonamides is 1. The number of nitrogens with two attached hydrogens (primary N) is 1. The molecule has 0 aromatic carbocycles. The summed E-state index contributed by atoms with van der Waals surface area (Å²) in [5, 5.41) is 7.46. The second kappa shape index (κ2) is 5.42. The zero-order valence-electron chi connectivity index (χ0n) is 11.3. The smallest absolute Gasteiger partial charge is 0.213 e. The average molecular weight is 284 g/mol. The van der Waals surface area contributed by atoms with Gasteiger partial charge in [0.05, 0.1) is 5.25 Å². The molecule has 1 heterocycles. The summed E-state index contributed by atoms with van der Waals surface area (Å²) in [4.78, 5) is 8.89. The molecule has 7 heteroatoms. The molecule has 6 nitrogen and oxygen atoms in total. The van der Waals surface area contributed by atoms with Gasteiger partial charge in [0, 0.05) is 24.2 Å². The Morgan fingerprint density at radius 3 is 2.68 bits per heavy atom. The summed E-state index contributed by atoms with van der Waals surface area (Å²) >= 11 is 0. The van der Waals surface area contributed by atoms with Crippen LogP contribution in [0.5, 0.6) is 0 Å². The van der Waals surface area contributed by atoms with Gasteiger partial charge in [0.25, 0.3) is 0 Å². The van der Waals surface area contributed by atoms with Crippen molar-refractivity contribution < 1.29 is 8.42 Å². The predicted octanol–water partition coefficient (Wildman–Crippen LogP) is 1.14. The van der Waals surface area contributed by atoms with E-state index in [2.05, 4.69) is 15.3 Å². The molecule has 106 valence electrons. The Morgan fingerprint density at radius 2 is 2.16 bits per heavy atom. The molecule has 1 atom stereocenters. The zero-order valence-corrected chi connectivity index (χ0v) is 12.1. The highest BCUT2D eigenvalue weighted by molar-refractivity contribution is 7.89. The summed E-state index contributed by atoms with van der Waals surface area (Å²) < 4.78 is 22.3. The van der Waals surface area contributed by atoms with Crippen LogP contribution in [0.2, 0.25) is 0 Å². The molecule has 1 saturated carbocycles. The van der Waals surface area contributed by atoms with E-state index in [1.54, 1.807) is 6.92 Å². The topological polar surface area (TPSA) is 98.0 Å². The van der Waals surface area contributed by atoms with Crippen LogP contribution in [0.15, 0.2) is 6.07 Å². The lowest BCUT2D eigenvalue weighted by atomic mass is 9.85. The summed E-state index contributed by atoms with van der Waals surface area (Å²) in [5.74, 6) is 1.98. The third kappa shape index (κ3) is 3.63. The maximum atomic E-state index is 11.2. The minimum atomic E-state index is -3.51. The monoisotopic (exact) mass is 284 g/mol. The van der Waals surface area contributed by atoms with Gasteiger partial charge >= 0.3 is 0 Å². The second-order valence-corrected chi connectivity index (χ2v) is 7.14. The summed E-state index contributed by atoms with van der Waals surface area (Å²) in [5.41, 5.74) is 0.891. The van der Waals surface area contributed by atoms with Crippen molar-refractivity contribution in [2.45, 2.75) is 44.3 Å². The highest BCUT2D eigenvalue weighted by Gasteiger charge is 2.23. The maximum absolute atomic E-state index is 11.2. The van der Waals surface area contributed by atoms with E-state index < -0.39 is 15.3 Å². The van der Waals surface area contributed by atoms with Crippen LogP contribution in [-0.4, -0.2) is 30.2 Å². The molecule has 1 aromatic rings. The van der Waals surface area contributed by atoms with Gasteiger partial charge in [-0.15, -0.1) is 0 Å². The van der Waals surface area contributed by atoms with Gasteiger partial charge in [-0.1, -0.05) is 6.42 Å². The second-order valence-electron chi connectivity index (χ2n) is 5.16. The lowest BCUT2D eigenvalue weighted by Gasteiger charge is -2.24. The number of hydrogen-bond donors (Lipinski definition) is 2. The van der Waals surface area contributed by atoms with E-state index in [0.717, 1.165) is 24.4 Å². The first-order valence-electron chi connectivity index (χ1n) is 6.47. The summed E-state index contributed by atoms with van der Waals surface area (Å²) in [6, 6.07) is 1.82. The van der Waals surface area contributed by atoms with Crippen LogP contribution in [-0.2, 0) is 10.0 Å². The minimum Gasteiger partial charge on any atom is -0.369 e. The molecule has 1 fully saturated rings. The van der Waals surface area contributed by atoms with Gasteiger partial charge in [0.1, 0.15) is 11.6 Å². The molecule has 0 saturated heterocycles. The van der Waals surface area contributed by atoms with Gasteiger partial charge in [-0.2, -0.15) is 0 Å². The number of rotatable bonds is 5. The van der Waals surface area contributed by atoms with Crippen molar-refractivity contribution in [1.29, 1.82) is 0 Å². The van der Waals surface area contributed by atoms with E-state index in [0.29, 0.717) is 11.7 Å². The van der Waals surface area contributed by atoms with Gasteiger partial charge in [0.2, 0.25) is 10.0 Å². The predicted molar refractivity (Wildman–Crippen MR) is 74.4 cm³/mol. The van der Waals surface area contributed by atoms with Crippen LogP contribution in [0, 0.1) is 6.92 Å². The first-order valence-corrected chi connectivity index (χ1v) is 8.08. The largest absolute Gasteiger partial charge is 0.369 e. The molecule has 0 aliphatic heterocycles. The Bertz CT molecular complexity index is 555. The third-order valence-electron chi connectivity index (χ3n) is 3.47. The molecule has 3 N–H and O–H groups in total. The molecule has 19 heavy (non-hydrogen) atoms. The number of nitrogens with zero attached hydrogens (tertiary/aromatic N) is 2. The van der Waals surface area contributed by atoms with E-state index in [1.165, 1.54) is 6.42 Å². The fourth-order valence-corrected chi connectivity index (χ4v) is 2.21. The van der Waals surface area contributed by atoms with Crippen molar-refractivity contribution in [2.75, 3.05) is 11.9 Å². The maximum Gasteiger partial charge on any atom is 0.213 e. The van der Waals surface area contributed by atoms with E-state index in [9.17, 15) is 8.42 Å². The number of aryl methyl sites for hydroxylation is 1. The molecule has 0 amide bonds. The Labute approximate surface area is 113 Å². The Hall–Kier alpha value is -1.21. The zero-order chi connectivity index (χ0) is 14.0. The number of hydrogen-bond acceptors (Lipinski definition) is 5. The molecule has 1 unspecified atom stereocenters. The lowest BCUT2D eigenvalue weighted by Crippen LogP contribution is -2.32. The molecular formula is C12H20N4O2S. The standard InChI is InChI=1S/C12H20N4O2S/c1-8-6-11(14-7-9(2)19(13,17)18)16-12(15-8)10-4-3-5-10/h6,9-10H,3-5,7H2,1-2H3,(H2,13,17,18)(H,14,15,16). The molecule has 2 rings (SSSR count). The van der Waals surface area contributed by atoms with Gasteiger partial charge < -0.3 is 5.32 Å². The van der Waals surface area contributed by atoms with Gasteiger partial charge in [-0.05, 0) is 26.7 Å². The van der Waals surface area contributed by atoms with Gasteiger partial charge in [0.15, 0.2) is 0 Å². The minimum absolute atomic E-state index is 0.249.